The Morgan fingerprint density at radius 2 is 1.73 bits per heavy atom. The van der Waals surface area contributed by atoms with Crippen LogP contribution in [-0.4, -0.2) is 52.1 Å². The van der Waals surface area contributed by atoms with Gasteiger partial charge in [-0.2, -0.15) is 0 Å². The van der Waals surface area contributed by atoms with E-state index in [4.69, 9.17) is 19.4 Å². The lowest BCUT2D eigenvalue weighted by molar-refractivity contribution is -0.118. The average molecular weight is 504 g/mol. The van der Waals surface area contributed by atoms with Gasteiger partial charge in [-0.25, -0.2) is 14.8 Å². The Morgan fingerprint density at radius 1 is 0.973 bits per heavy atom. The quantitative estimate of drug-likeness (QED) is 0.359. The number of hydrogen-bond donors (Lipinski definition) is 0. The van der Waals surface area contributed by atoms with E-state index in [0.717, 1.165) is 73.2 Å². The van der Waals surface area contributed by atoms with Gasteiger partial charge in [0.15, 0.2) is 5.88 Å². The van der Waals surface area contributed by atoms with Crippen LogP contribution in [0.25, 0.3) is 28.1 Å². The van der Waals surface area contributed by atoms with E-state index in [-0.39, 0.29) is 5.91 Å². The van der Waals surface area contributed by atoms with Gasteiger partial charge in [0, 0.05) is 31.5 Å². The average Bonchev–Trinajstić information content (AvgIpc) is 3.44. The zero-order valence-electron chi connectivity index (χ0n) is 21.9. The molecule has 0 spiro atoms. The first-order chi connectivity index (χ1) is 17.9. The number of ether oxygens (including phenoxy) is 2. The molecule has 1 amide bonds. The third-order valence-corrected chi connectivity index (χ3v) is 7.26. The van der Waals surface area contributed by atoms with E-state index in [1.165, 1.54) is 7.11 Å². The lowest BCUT2D eigenvalue weighted by atomic mass is 10.1. The molecule has 37 heavy (non-hydrogen) atoms. The number of imidazole rings is 1. The maximum atomic E-state index is 12.8. The summed E-state index contributed by atoms with van der Waals surface area (Å²) in [6.45, 7) is 2.79. The molecule has 4 aromatic rings. The van der Waals surface area contributed by atoms with Crippen LogP contribution in [0, 0.1) is 6.92 Å². The van der Waals surface area contributed by atoms with Crippen LogP contribution in [0.5, 0.6) is 5.88 Å². The lowest BCUT2D eigenvalue weighted by Gasteiger charge is -2.17. The number of carbonyl (C=O) groups is 2. The number of amides is 1. The summed E-state index contributed by atoms with van der Waals surface area (Å²) in [5.74, 6) is 0.802. The van der Waals surface area contributed by atoms with Crippen molar-refractivity contribution in [2.75, 3.05) is 26.2 Å². The number of aromatic nitrogens is 4. The molecule has 5 rings (SSSR count). The molecule has 9 nitrogen and oxygen atoms in total. The number of aryl methyl sites for hydroxylation is 2. The molecule has 0 fully saturated rings. The van der Waals surface area contributed by atoms with Gasteiger partial charge in [-0.3, -0.25) is 14.1 Å². The van der Waals surface area contributed by atoms with Crippen molar-refractivity contribution >= 4 is 34.4 Å². The minimum absolute atomic E-state index is 0.0898. The number of carbonyl (C=O) groups excluding carboxylic acids is 2. The highest BCUT2D eigenvalue weighted by molar-refractivity contribution is 5.94. The third kappa shape index (κ3) is 4.54. The predicted molar refractivity (Wildman–Crippen MR) is 142 cm³/mol. The van der Waals surface area contributed by atoms with E-state index in [1.54, 1.807) is 31.2 Å². The Hall–Kier alpha value is -3.88. The molecular formula is C28H33N5O4. The molecule has 4 aromatic heterocycles. The number of anilines is 1. The Balaban J connectivity index is 1.68. The largest absolute Gasteiger partial charge is 0.482 e. The summed E-state index contributed by atoms with van der Waals surface area (Å²) in [6, 6.07) is 9.41. The smallest absolute Gasteiger partial charge is 0.338 e. The fourth-order valence-corrected chi connectivity index (χ4v) is 5.18. The van der Waals surface area contributed by atoms with Crippen molar-refractivity contribution < 1.29 is 19.1 Å². The number of fused-ring (bicyclic) bond motifs is 2. The van der Waals surface area contributed by atoms with Gasteiger partial charge >= 0.3 is 5.97 Å². The van der Waals surface area contributed by atoms with Crippen LogP contribution in [-0.2, 0) is 16.1 Å². The van der Waals surface area contributed by atoms with Gasteiger partial charge in [0.05, 0.1) is 31.2 Å². The molecule has 0 aliphatic carbocycles. The number of esters is 1. The maximum Gasteiger partial charge on any atom is 0.338 e. The molecule has 0 aromatic carbocycles. The third-order valence-electron chi connectivity index (χ3n) is 7.26. The van der Waals surface area contributed by atoms with Crippen molar-refractivity contribution in [1.29, 1.82) is 0 Å². The molecule has 0 radical (unpaired) electrons. The van der Waals surface area contributed by atoms with Crippen LogP contribution in [0.4, 0.5) is 5.82 Å². The highest BCUT2D eigenvalue weighted by Crippen LogP contribution is 2.33. The highest BCUT2D eigenvalue weighted by atomic mass is 16.5. The number of hydrogen-bond acceptors (Lipinski definition) is 6. The fraction of sp³-hybridized carbons (Fsp3) is 0.429. The molecule has 194 valence electrons. The summed E-state index contributed by atoms with van der Waals surface area (Å²) in [4.78, 5) is 36.5. The Bertz CT molecular complexity index is 1490. The van der Waals surface area contributed by atoms with Gasteiger partial charge in [-0.1, -0.05) is 25.7 Å². The molecule has 9 heteroatoms. The normalized spacial score (nSPS) is 15.4. The van der Waals surface area contributed by atoms with E-state index in [2.05, 4.69) is 10.6 Å². The van der Waals surface area contributed by atoms with Crippen molar-refractivity contribution in [3.63, 3.8) is 0 Å². The Morgan fingerprint density at radius 3 is 2.49 bits per heavy atom. The Kier molecular flexibility index (Phi) is 6.86. The summed E-state index contributed by atoms with van der Waals surface area (Å²) < 4.78 is 14.6. The molecular weight excluding hydrogens is 470 g/mol. The monoisotopic (exact) mass is 503 g/mol. The maximum absolute atomic E-state index is 12.8. The van der Waals surface area contributed by atoms with Crippen LogP contribution >= 0.6 is 0 Å². The first-order valence-corrected chi connectivity index (χ1v) is 12.9. The minimum Gasteiger partial charge on any atom is -0.482 e. The first-order valence-electron chi connectivity index (χ1n) is 12.9. The minimum atomic E-state index is -0.444. The summed E-state index contributed by atoms with van der Waals surface area (Å²) in [5.41, 5.74) is 4.46. The van der Waals surface area contributed by atoms with E-state index in [9.17, 15) is 9.59 Å². The van der Waals surface area contributed by atoms with Crippen LogP contribution in [0.15, 0.2) is 30.3 Å². The molecule has 0 unspecified atom stereocenters. The second kappa shape index (κ2) is 10.2. The van der Waals surface area contributed by atoms with Gasteiger partial charge in [-0.05, 0) is 44.0 Å². The second-order valence-electron chi connectivity index (χ2n) is 9.60. The van der Waals surface area contributed by atoms with Gasteiger partial charge in [0.25, 0.3) is 0 Å². The van der Waals surface area contributed by atoms with Crippen LogP contribution in [0.1, 0.15) is 61.0 Å². The molecule has 1 aliphatic heterocycles. The van der Waals surface area contributed by atoms with E-state index in [0.29, 0.717) is 29.3 Å². The van der Waals surface area contributed by atoms with Gasteiger partial charge in [0.1, 0.15) is 22.8 Å². The summed E-state index contributed by atoms with van der Waals surface area (Å²) in [5, 5.41) is 0.991. The summed E-state index contributed by atoms with van der Waals surface area (Å²) in [7, 11) is 4.73. The van der Waals surface area contributed by atoms with Crippen LogP contribution in [0.3, 0.4) is 0 Å². The van der Waals surface area contributed by atoms with Gasteiger partial charge in [-0.15, -0.1) is 0 Å². The number of rotatable bonds is 3. The van der Waals surface area contributed by atoms with Gasteiger partial charge in [0.2, 0.25) is 5.91 Å². The van der Waals surface area contributed by atoms with E-state index in [1.807, 2.05) is 23.5 Å². The molecule has 0 saturated carbocycles. The molecule has 0 atom stereocenters. The topological polar surface area (TPSA) is 91.0 Å². The van der Waals surface area contributed by atoms with E-state index < -0.39 is 5.97 Å². The van der Waals surface area contributed by atoms with Crippen molar-refractivity contribution in [1.82, 2.24) is 18.9 Å². The molecule has 5 heterocycles. The van der Waals surface area contributed by atoms with Crippen molar-refractivity contribution in [2.45, 2.75) is 58.4 Å². The lowest BCUT2D eigenvalue weighted by Crippen LogP contribution is -2.26. The van der Waals surface area contributed by atoms with Crippen LogP contribution < -0.4 is 9.64 Å². The summed E-state index contributed by atoms with van der Waals surface area (Å²) >= 11 is 0. The zero-order chi connectivity index (χ0) is 26.1. The first kappa shape index (κ1) is 24.8. The van der Waals surface area contributed by atoms with Crippen molar-refractivity contribution in [3.05, 3.63) is 41.6 Å². The highest BCUT2D eigenvalue weighted by Gasteiger charge is 2.22. The predicted octanol–water partition coefficient (Wildman–Crippen LogP) is 5.16. The fourth-order valence-electron chi connectivity index (χ4n) is 5.18. The molecule has 1 aliphatic rings. The van der Waals surface area contributed by atoms with Gasteiger partial charge < -0.3 is 14.0 Å². The van der Waals surface area contributed by atoms with Crippen molar-refractivity contribution in [3.8, 4) is 17.3 Å². The molecule has 0 saturated heterocycles. The number of nitrogens with zero attached hydrogens (tertiary/aromatic N) is 5. The summed E-state index contributed by atoms with van der Waals surface area (Å²) in [6.07, 6.45) is 6.97. The number of pyridine rings is 2. The van der Waals surface area contributed by atoms with Crippen molar-refractivity contribution in [2.24, 2.45) is 0 Å². The molecule has 0 N–H and O–H groups in total. The van der Waals surface area contributed by atoms with E-state index >= 15 is 0 Å². The molecule has 2 bridgehead atoms. The SMILES string of the molecule is COC(=O)c1cc(OC)n2c(C)c(-c3cc4ccc5nc4n3CCCCCCCCC(=O)N5C)nc2c1. The zero-order valence-corrected chi connectivity index (χ0v) is 21.9. The Labute approximate surface area is 216 Å². The van der Waals surface area contributed by atoms with Crippen LogP contribution in [0.2, 0.25) is 0 Å². The second-order valence-corrected chi connectivity index (χ2v) is 9.60. The standard InChI is InChI=1S/C28H33N5O4/c1-18-26(29-23-16-20(28(35)37-4)17-25(36-3)33(18)23)21-15-19-12-13-22-30-27(19)32(21)14-10-8-6-5-7-9-11-24(34)31(22)2/h12-13,15-17H,5-11,14H2,1-4H3. The number of methoxy groups -OCH3 is 2.